The van der Waals surface area contributed by atoms with Gasteiger partial charge in [0.15, 0.2) is 0 Å². The molecule has 67 heavy (non-hydrogen) atoms. The van der Waals surface area contributed by atoms with Gasteiger partial charge in [0, 0.05) is 42.6 Å². The van der Waals surface area contributed by atoms with Crippen molar-refractivity contribution in [3.63, 3.8) is 0 Å². The van der Waals surface area contributed by atoms with Gasteiger partial charge in [-0.1, -0.05) is 231 Å². The number of para-hydroxylation sites is 1. The Balaban J connectivity index is 1.05. The average molecular weight is 870 g/mol. The third kappa shape index (κ3) is 6.22. The molecule has 0 atom stereocenters. The van der Waals surface area contributed by atoms with Gasteiger partial charge in [-0.2, -0.15) is 0 Å². The van der Waals surface area contributed by atoms with E-state index < -0.39 is 5.41 Å². The molecule has 0 amide bonds. The summed E-state index contributed by atoms with van der Waals surface area (Å²) in [4.78, 5) is 2.54. The van der Waals surface area contributed by atoms with Crippen LogP contribution in [0, 0.1) is 0 Å². The molecule has 13 rings (SSSR count). The second kappa shape index (κ2) is 16.0. The van der Waals surface area contributed by atoms with E-state index in [0.717, 1.165) is 22.6 Å². The lowest BCUT2D eigenvalue weighted by atomic mass is 9.68. The first-order valence-corrected chi connectivity index (χ1v) is 23.9. The molecule has 314 valence electrons. The molecule has 0 bridgehead atoms. The van der Waals surface area contributed by atoms with E-state index in [2.05, 4.69) is 266 Å². The maximum absolute atomic E-state index is 2.54. The van der Waals surface area contributed by atoms with E-state index in [4.69, 9.17) is 0 Å². The molecule has 0 saturated heterocycles. The molecule has 11 aromatic carbocycles. The summed E-state index contributed by atoms with van der Waals surface area (Å²) in [5.41, 5.74) is 17.6. The molecular weight excluding hydrogens is 827 g/mol. The van der Waals surface area contributed by atoms with Crippen molar-refractivity contribution in [2.45, 2.75) is 5.41 Å². The van der Waals surface area contributed by atoms with Gasteiger partial charge >= 0.3 is 0 Å². The Morgan fingerprint density at radius 2 is 0.881 bits per heavy atom. The Kier molecular flexibility index (Phi) is 9.33. The summed E-state index contributed by atoms with van der Waals surface area (Å²) in [6.45, 7) is 0. The molecule has 0 fully saturated rings. The second-order valence-corrected chi connectivity index (χ2v) is 18.6. The van der Waals surface area contributed by atoms with E-state index >= 15 is 0 Å². The largest absolute Gasteiger partial charge is 0.309 e. The van der Waals surface area contributed by atoms with Crippen LogP contribution in [0.4, 0.5) is 17.1 Å². The highest BCUT2D eigenvalue weighted by atomic mass is 32.1. The Bertz CT molecular complexity index is 3760. The minimum absolute atomic E-state index is 0.536. The van der Waals surface area contributed by atoms with Gasteiger partial charge in [-0.3, -0.25) is 0 Å². The summed E-state index contributed by atoms with van der Waals surface area (Å²) in [5, 5.41) is 5.10. The molecule has 2 heteroatoms. The molecule has 0 radical (unpaired) electrons. The zero-order valence-electron chi connectivity index (χ0n) is 36.7. The van der Waals surface area contributed by atoms with E-state index in [1.165, 1.54) is 92.1 Å². The van der Waals surface area contributed by atoms with Gasteiger partial charge in [-0.15, -0.1) is 11.3 Å². The quantitative estimate of drug-likeness (QED) is 0.147. The molecule has 1 aromatic heterocycles. The molecule has 12 aromatic rings. The van der Waals surface area contributed by atoms with E-state index in [1.54, 1.807) is 0 Å². The molecule has 1 heterocycles. The van der Waals surface area contributed by atoms with Crippen LogP contribution in [-0.4, -0.2) is 0 Å². The second-order valence-electron chi connectivity index (χ2n) is 17.5. The number of rotatable bonds is 8. The fourth-order valence-electron chi connectivity index (χ4n) is 11.1. The summed E-state index contributed by atoms with van der Waals surface area (Å²) >= 11 is 1.88. The Morgan fingerprint density at radius 1 is 0.328 bits per heavy atom. The van der Waals surface area contributed by atoms with Crippen LogP contribution >= 0.6 is 11.3 Å². The fraction of sp³-hybridized carbons (Fsp3) is 0.0154. The van der Waals surface area contributed by atoms with Gasteiger partial charge in [0.05, 0.1) is 16.8 Å². The van der Waals surface area contributed by atoms with Crippen LogP contribution in [0.1, 0.15) is 22.3 Å². The van der Waals surface area contributed by atoms with Gasteiger partial charge in [0.2, 0.25) is 0 Å². The van der Waals surface area contributed by atoms with Crippen LogP contribution in [0.15, 0.2) is 261 Å². The third-order valence-corrected chi connectivity index (χ3v) is 15.2. The third-order valence-electron chi connectivity index (χ3n) is 14.0. The van der Waals surface area contributed by atoms with Gasteiger partial charge in [0.1, 0.15) is 0 Å². The monoisotopic (exact) mass is 869 g/mol. The first-order valence-electron chi connectivity index (χ1n) is 23.1. The SMILES string of the molecule is c1ccc(C2(c3ccccc3)c3ccccc3-c3c(N(c4cccc(-c5ccc(-c6cccc7ccccc67)cc5)c4)c4ccccc4-c4cccc5c4sc4ccccc45)cccc32)cc1. The molecule has 1 nitrogen and oxygen atoms in total. The molecule has 0 N–H and O–H groups in total. The van der Waals surface area contributed by atoms with Crippen molar-refractivity contribution >= 4 is 59.3 Å². The average Bonchev–Trinajstić information content (AvgIpc) is 3.94. The highest BCUT2D eigenvalue weighted by Crippen LogP contribution is 2.60. The molecule has 0 saturated carbocycles. The Labute approximate surface area is 395 Å². The van der Waals surface area contributed by atoms with Crippen molar-refractivity contribution < 1.29 is 0 Å². The van der Waals surface area contributed by atoms with Crippen molar-refractivity contribution in [2.24, 2.45) is 0 Å². The normalized spacial score (nSPS) is 12.6. The molecule has 1 aliphatic rings. The van der Waals surface area contributed by atoms with Crippen LogP contribution in [-0.2, 0) is 5.41 Å². The molecule has 0 aliphatic heterocycles. The number of nitrogens with zero attached hydrogens (tertiary/aromatic N) is 1. The highest BCUT2D eigenvalue weighted by Gasteiger charge is 2.47. The van der Waals surface area contributed by atoms with Crippen LogP contribution in [0.5, 0.6) is 0 Å². The highest BCUT2D eigenvalue weighted by molar-refractivity contribution is 7.26. The van der Waals surface area contributed by atoms with Crippen molar-refractivity contribution in [2.75, 3.05) is 4.90 Å². The van der Waals surface area contributed by atoms with E-state index in [1.807, 2.05) is 11.3 Å². The van der Waals surface area contributed by atoms with Crippen molar-refractivity contribution in [1.29, 1.82) is 0 Å². The van der Waals surface area contributed by atoms with E-state index in [-0.39, 0.29) is 0 Å². The molecule has 1 aliphatic carbocycles. The molecular formula is C65H43NS. The van der Waals surface area contributed by atoms with Crippen molar-refractivity contribution in [1.82, 2.24) is 0 Å². The predicted octanol–water partition coefficient (Wildman–Crippen LogP) is 18.0. The topological polar surface area (TPSA) is 3.24 Å². The number of anilines is 3. The zero-order chi connectivity index (χ0) is 44.3. The standard InChI is InChI=1S/C65H43NS/c1-3-22-48(23-4-1)65(49-24-5-2-6-25-49)58-34-12-9-30-57(58)63-59(65)35-18-37-61(63)66(60-36-13-10-28-53(60)55-32-17-33-56-54-29-11-14-38-62(54)67-64(55)56)50-26-15-21-47(43-50)44-39-41-46(42-40-44)52-31-16-20-45-19-7-8-27-51(45)52/h1-43H. The van der Waals surface area contributed by atoms with Crippen molar-refractivity contribution in [3.05, 3.63) is 283 Å². The number of benzene rings is 11. The number of fused-ring (bicyclic) bond motifs is 7. The first-order chi connectivity index (χ1) is 33.3. The zero-order valence-corrected chi connectivity index (χ0v) is 37.5. The minimum atomic E-state index is -0.536. The van der Waals surface area contributed by atoms with Gasteiger partial charge in [0.25, 0.3) is 0 Å². The number of hydrogen-bond donors (Lipinski definition) is 0. The lowest BCUT2D eigenvalue weighted by molar-refractivity contribution is 0.768. The smallest absolute Gasteiger partial charge is 0.0714 e. The Morgan fingerprint density at radius 3 is 1.70 bits per heavy atom. The maximum Gasteiger partial charge on any atom is 0.0714 e. The van der Waals surface area contributed by atoms with Crippen LogP contribution in [0.3, 0.4) is 0 Å². The molecule has 0 spiro atoms. The predicted molar refractivity (Wildman–Crippen MR) is 285 cm³/mol. The fourth-order valence-corrected chi connectivity index (χ4v) is 12.3. The summed E-state index contributed by atoms with van der Waals surface area (Å²) in [6, 6.07) is 96.4. The lowest BCUT2D eigenvalue weighted by Crippen LogP contribution is -2.28. The van der Waals surface area contributed by atoms with E-state index in [9.17, 15) is 0 Å². The lowest BCUT2D eigenvalue weighted by Gasteiger charge is -2.34. The minimum Gasteiger partial charge on any atom is -0.309 e. The van der Waals surface area contributed by atoms with Gasteiger partial charge in [-0.25, -0.2) is 0 Å². The summed E-state index contributed by atoms with van der Waals surface area (Å²) < 4.78 is 2.60. The van der Waals surface area contributed by atoms with E-state index in [0.29, 0.717) is 0 Å². The summed E-state index contributed by atoms with van der Waals surface area (Å²) in [6.07, 6.45) is 0. The summed E-state index contributed by atoms with van der Waals surface area (Å²) in [7, 11) is 0. The maximum atomic E-state index is 2.54. The van der Waals surface area contributed by atoms with Gasteiger partial charge in [-0.05, 0) is 91.2 Å². The Hall–Kier alpha value is -8.30. The van der Waals surface area contributed by atoms with Crippen LogP contribution in [0.25, 0.3) is 75.5 Å². The van der Waals surface area contributed by atoms with Crippen molar-refractivity contribution in [3.8, 4) is 44.5 Å². The molecule has 0 unspecified atom stereocenters. The number of thiophene rings is 1. The van der Waals surface area contributed by atoms with Crippen LogP contribution in [0.2, 0.25) is 0 Å². The van der Waals surface area contributed by atoms with Crippen LogP contribution < -0.4 is 4.90 Å². The van der Waals surface area contributed by atoms with Gasteiger partial charge < -0.3 is 4.90 Å². The summed E-state index contributed by atoms with van der Waals surface area (Å²) in [5.74, 6) is 0. The number of hydrogen-bond acceptors (Lipinski definition) is 2. The first kappa shape index (κ1) is 39.1.